The van der Waals surface area contributed by atoms with Gasteiger partial charge in [0.1, 0.15) is 6.23 Å². The number of ether oxygens (including phenoxy) is 1. The maximum atomic E-state index is 10.9. The molecule has 0 rings (SSSR count). The highest BCUT2D eigenvalue weighted by Gasteiger charge is 2.04. The van der Waals surface area contributed by atoms with Gasteiger partial charge in [-0.25, -0.2) is 0 Å². The van der Waals surface area contributed by atoms with Crippen LogP contribution in [-0.4, -0.2) is 47.0 Å². The van der Waals surface area contributed by atoms with Crippen molar-refractivity contribution in [3.05, 3.63) is 0 Å². The standard InChI is InChI=1S/C8H17NO5/c1-6(10)9-5-8(13)14-4-2-3-7(11)12/h6-7,9-12H,2-5H2,1H3. The summed E-state index contributed by atoms with van der Waals surface area (Å²) in [5.74, 6) is -0.474. The van der Waals surface area contributed by atoms with Gasteiger partial charge in [-0.3, -0.25) is 10.1 Å². The lowest BCUT2D eigenvalue weighted by molar-refractivity contribution is -0.144. The molecule has 0 aliphatic rings. The molecule has 0 aliphatic carbocycles. The predicted molar refractivity (Wildman–Crippen MR) is 48.1 cm³/mol. The Bertz CT molecular complexity index is 160. The zero-order valence-electron chi connectivity index (χ0n) is 8.14. The van der Waals surface area contributed by atoms with Crippen molar-refractivity contribution in [3.8, 4) is 0 Å². The molecule has 0 aromatic heterocycles. The van der Waals surface area contributed by atoms with Gasteiger partial charge in [-0.2, -0.15) is 0 Å². The van der Waals surface area contributed by atoms with Crippen molar-refractivity contribution in [3.63, 3.8) is 0 Å². The maximum absolute atomic E-state index is 10.9. The minimum atomic E-state index is -1.36. The Labute approximate surface area is 82.5 Å². The van der Waals surface area contributed by atoms with E-state index >= 15 is 0 Å². The molecule has 1 atom stereocenters. The van der Waals surface area contributed by atoms with Crippen molar-refractivity contribution in [1.29, 1.82) is 0 Å². The van der Waals surface area contributed by atoms with Gasteiger partial charge >= 0.3 is 5.97 Å². The van der Waals surface area contributed by atoms with Gasteiger partial charge in [0.25, 0.3) is 0 Å². The zero-order valence-corrected chi connectivity index (χ0v) is 8.14. The highest BCUT2D eigenvalue weighted by Crippen LogP contribution is 1.93. The Morgan fingerprint density at radius 3 is 2.57 bits per heavy atom. The number of aliphatic hydroxyl groups is 3. The predicted octanol–water partition coefficient (Wildman–Crippen LogP) is -1.45. The summed E-state index contributed by atoms with van der Waals surface area (Å²) >= 11 is 0. The molecule has 0 heterocycles. The molecule has 6 nitrogen and oxygen atoms in total. The van der Waals surface area contributed by atoms with Crippen LogP contribution in [0.2, 0.25) is 0 Å². The molecule has 0 aromatic carbocycles. The first kappa shape index (κ1) is 13.3. The largest absolute Gasteiger partial charge is 0.465 e. The van der Waals surface area contributed by atoms with Gasteiger partial charge in [0.15, 0.2) is 6.29 Å². The Kier molecular flexibility index (Phi) is 7.31. The highest BCUT2D eigenvalue weighted by atomic mass is 16.5. The van der Waals surface area contributed by atoms with E-state index in [4.69, 9.17) is 20.1 Å². The van der Waals surface area contributed by atoms with Crippen LogP contribution in [0.15, 0.2) is 0 Å². The molecule has 0 saturated carbocycles. The topological polar surface area (TPSA) is 99.0 Å². The maximum Gasteiger partial charge on any atom is 0.319 e. The van der Waals surface area contributed by atoms with Crippen LogP contribution in [0, 0.1) is 0 Å². The Hall–Kier alpha value is -0.690. The van der Waals surface area contributed by atoms with Crippen LogP contribution in [-0.2, 0) is 9.53 Å². The third kappa shape index (κ3) is 9.40. The molecule has 0 aromatic rings. The quantitative estimate of drug-likeness (QED) is 0.231. The number of rotatable bonds is 7. The molecule has 0 radical (unpaired) electrons. The van der Waals surface area contributed by atoms with E-state index in [0.717, 1.165) is 0 Å². The van der Waals surface area contributed by atoms with Crippen molar-refractivity contribution in [2.75, 3.05) is 13.2 Å². The number of hydrogen-bond acceptors (Lipinski definition) is 6. The molecule has 6 heteroatoms. The van der Waals surface area contributed by atoms with Gasteiger partial charge in [0.05, 0.1) is 13.2 Å². The van der Waals surface area contributed by atoms with E-state index in [2.05, 4.69) is 5.32 Å². The van der Waals surface area contributed by atoms with Crippen LogP contribution >= 0.6 is 0 Å². The average molecular weight is 207 g/mol. The Balaban J connectivity index is 3.27. The van der Waals surface area contributed by atoms with Crippen LogP contribution in [0.4, 0.5) is 0 Å². The molecule has 0 spiro atoms. The van der Waals surface area contributed by atoms with E-state index in [1.165, 1.54) is 6.92 Å². The fourth-order valence-electron chi connectivity index (χ4n) is 0.734. The molecule has 0 amide bonds. The van der Waals surface area contributed by atoms with Gasteiger partial charge in [0, 0.05) is 6.42 Å². The zero-order chi connectivity index (χ0) is 11.0. The second-order valence-corrected chi connectivity index (χ2v) is 2.90. The van der Waals surface area contributed by atoms with Gasteiger partial charge in [-0.1, -0.05) is 0 Å². The minimum Gasteiger partial charge on any atom is -0.465 e. The molecular formula is C8H17NO5. The van der Waals surface area contributed by atoms with Gasteiger partial charge in [-0.05, 0) is 13.3 Å². The number of carbonyl (C=O) groups excluding carboxylic acids is 1. The van der Waals surface area contributed by atoms with E-state index in [0.29, 0.717) is 6.42 Å². The molecule has 0 saturated heterocycles. The molecule has 1 unspecified atom stereocenters. The van der Waals surface area contributed by atoms with Crippen LogP contribution < -0.4 is 5.32 Å². The van der Waals surface area contributed by atoms with Crippen molar-refractivity contribution < 1.29 is 24.9 Å². The van der Waals surface area contributed by atoms with E-state index in [1.54, 1.807) is 0 Å². The van der Waals surface area contributed by atoms with Crippen molar-refractivity contribution in [2.45, 2.75) is 32.3 Å². The SMILES string of the molecule is CC(O)NCC(=O)OCCCC(O)O. The number of nitrogens with one attached hydrogen (secondary N) is 1. The molecular weight excluding hydrogens is 190 g/mol. The summed E-state index contributed by atoms with van der Waals surface area (Å²) in [6, 6.07) is 0. The number of hydrogen-bond donors (Lipinski definition) is 4. The lowest BCUT2D eigenvalue weighted by Gasteiger charge is -2.08. The summed E-state index contributed by atoms with van der Waals surface area (Å²) in [5, 5.41) is 28.2. The van der Waals surface area contributed by atoms with Gasteiger partial charge < -0.3 is 20.1 Å². The lowest BCUT2D eigenvalue weighted by Crippen LogP contribution is -2.32. The van der Waals surface area contributed by atoms with Gasteiger partial charge in [-0.15, -0.1) is 0 Å². The van der Waals surface area contributed by atoms with Crippen molar-refractivity contribution in [1.82, 2.24) is 5.32 Å². The first-order valence-electron chi connectivity index (χ1n) is 4.45. The monoisotopic (exact) mass is 207 g/mol. The van der Waals surface area contributed by atoms with E-state index in [-0.39, 0.29) is 19.6 Å². The fraction of sp³-hybridized carbons (Fsp3) is 0.875. The van der Waals surface area contributed by atoms with Crippen molar-refractivity contribution >= 4 is 5.97 Å². The lowest BCUT2D eigenvalue weighted by atomic mass is 10.3. The first-order chi connectivity index (χ1) is 6.52. The fourth-order valence-corrected chi connectivity index (χ4v) is 0.734. The van der Waals surface area contributed by atoms with Crippen LogP contribution in [0.5, 0.6) is 0 Å². The third-order valence-corrected chi connectivity index (χ3v) is 1.41. The Morgan fingerprint density at radius 2 is 2.07 bits per heavy atom. The van der Waals surface area contributed by atoms with Crippen LogP contribution in [0.1, 0.15) is 19.8 Å². The molecule has 0 fully saturated rings. The summed E-state index contributed by atoms with van der Waals surface area (Å²) in [7, 11) is 0. The summed E-state index contributed by atoms with van der Waals surface area (Å²) < 4.78 is 4.71. The smallest absolute Gasteiger partial charge is 0.319 e. The van der Waals surface area contributed by atoms with E-state index in [9.17, 15) is 4.79 Å². The third-order valence-electron chi connectivity index (χ3n) is 1.41. The number of esters is 1. The number of carbonyl (C=O) groups is 1. The normalized spacial score (nSPS) is 12.9. The summed E-state index contributed by atoms with van der Waals surface area (Å²) in [6.45, 7) is 1.59. The van der Waals surface area contributed by atoms with Crippen LogP contribution in [0.25, 0.3) is 0 Å². The molecule has 0 aliphatic heterocycles. The van der Waals surface area contributed by atoms with E-state index in [1.807, 2.05) is 0 Å². The molecule has 4 N–H and O–H groups in total. The summed E-state index contributed by atoms with van der Waals surface area (Å²) in [4.78, 5) is 10.9. The highest BCUT2D eigenvalue weighted by molar-refractivity contribution is 5.71. The minimum absolute atomic E-state index is 0.0562. The van der Waals surface area contributed by atoms with Crippen molar-refractivity contribution in [2.24, 2.45) is 0 Å². The molecule has 0 bridgehead atoms. The Morgan fingerprint density at radius 1 is 1.43 bits per heavy atom. The van der Waals surface area contributed by atoms with Crippen LogP contribution in [0.3, 0.4) is 0 Å². The average Bonchev–Trinajstić information content (AvgIpc) is 2.08. The first-order valence-corrected chi connectivity index (χ1v) is 4.45. The second kappa shape index (κ2) is 7.69. The molecule has 84 valence electrons. The van der Waals surface area contributed by atoms with Gasteiger partial charge in [0.2, 0.25) is 0 Å². The molecule has 14 heavy (non-hydrogen) atoms. The summed E-state index contributed by atoms with van der Waals surface area (Å²) in [5.41, 5.74) is 0. The number of aliphatic hydroxyl groups excluding tert-OH is 2. The second-order valence-electron chi connectivity index (χ2n) is 2.90. The van der Waals surface area contributed by atoms with E-state index < -0.39 is 18.5 Å². The summed E-state index contributed by atoms with van der Waals surface area (Å²) in [6.07, 6.45) is -1.53.